The predicted octanol–water partition coefficient (Wildman–Crippen LogP) is 5.84. The summed E-state index contributed by atoms with van der Waals surface area (Å²) in [4.78, 5) is 0. The molecule has 3 aromatic rings. The molecule has 1 unspecified atom stereocenters. The molecule has 0 bridgehead atoms. The maximum atomic E-state index is 6.60. The molecular weight excluding hydrogens is 280 g/mol. The molecule has 106 valence electrons. The van der Waals surface area contributed by atoms with Crippen LogP contribution in [-0.4, -0.2) is 0 Å². The fraction of sp³-hybridized carbons (Fsp3) is 0.158. The Morgan fingerprint density at radius 1 is 0.905 bits per heavy atom. The summed E-state index contributed by atoms with van der Waals surface area (Å²) in [7, 11) is 0. The molecule has 2 heteroatoms. The lowest BCUT2D eigenvalue weighted by Crippen LogP contribution is -1.95. The molecule has 0 N–H and O–H groups in total. The Morgan fingerprint density at radius 2 is 1.57 bits per heavy atom. The second-order valence-corrected chi connectivity index (χ2v) is 5.44. The van der Waals surface area contributed by atoms with Crippen molar-refractivity contribution in [3.63, 3.8) is 0 Å². The summed E-state index contributed by atoms with van der Waals surface area (Å²) in [6, 6.07) is 20.7. The number of furan rings is 1. The van der Waals surface area contributed by atoms with Crippen LogP contribution in [0.4, 0.5) is 0 Å². The van der Waals surface area contributed by atoms with Gasteiger partial charge in [0.15, 0.2) is 0 Å². The standard InChI is InChI=1S/C19H17ClO/c1-2-18-17(12-13-21-18)19(20)16-10-8-15(9-11-16)14-6-4-3-5-7-14/h3-13,19H,2H2,1H3. The number of halogens is 1. The van der Waals surface area contributed by atoms with E-state index in [1.54, 1.807) is 6.26 Å². The monoisotopic (exact) mass is 296 g/mol. The van der Waals surface area contributed by atoms with Gasteiger partial charge in [0.2, 0.25) is 0 Å². The van der Waals surface area contributed by atoms with Crippen molar-refractivity contribution in [3.05, 3.63) is 83.8 Å². The number of rotatable bonds is 4. The molecule has 1 aromatic heterocycles. The molecule has 1 heterocycles. The minimum Gasteiger partial charge on any atom is -0.469 e. The van der Waals surface area contributed by atoms with Crippen LogP contribution >= 0.6 is 11.6 Å². The van der Waals surface area contributed by atoms with Crippen LogP contribution in [0.25, 0.3) is 11.1 Å². The summed E-state index contributed by atoms with van der Waals surface area (Å²) < 4.78 is 5.47. The molecule has 1 nitrogen and oxygen atoms in total. The fourth-order valence-electron chi connectivity index (χ4n) is 2.52. The van der Waals surface area contributed by atoms with E-state index < -0.39 is 0 Å². The third-order valence-corrected chi connectivity index (χ3v) is 4.17. The minimum atomic E-state index is -0.163. The maximum absolute atomic E-state index is 6.60. The number of hydrogen-bond acceptors (Lipinski definition) is 1. The highest BCUT2D eigenvalue weighted by Crippen LogP contribution is 2.33. The van der Waals surface area contributed by atoms with Crippen molar-refractivity contribution in [2.45, 2.75) is 18.7 Å². The summed E-state index contributed by atoms with van der Waals surface area (Å²) in [5, 5.41) is -0.163. The average Bonchev–Trinajstić information content (AvgIpc) is 3.04. The normalized spacial score (nSPS) is 12.3. The third-order valence-electron chi connectivity index (χ3n) is 3.68. The smallest absolute Gasteiger partial charge is 0.108 e. The second kappa shape index (κ2) is 6.19. The van der Waals surface area contributed by atoms with Crippen LogP contribution in [0.5, 0.6) is 0 Å². The van der Waals surface area contributed by atoms with Crippen LogP contribution in [-0.2, 0) is 6.42 Å². The van der Waals surface area contributed by atoms with Crippen LogP contribution in [0.1, 0.15) is 29.2 Å². The van der Waals surface area contributed by atoms with Gasteiger partial charge in [-0.2, -0.15) is 0 Å². The highest BCUT2D eigenvalue weighted by molar-refractivity contribution is 6.22. The first kappa shape index (κ1) is 14.0. The zero-order valence-electron chi connectivity index (χ0n) is 11.9. The third kappa shape index (κ3) is 2.88. The molecule has 21 heavy (non-hydrogen) atoms. The van der Waals surface area contributed by atoms with Gasteiger partial charge in [0.1, 0.15) is 5.76 Å². The van der Waals surface area contributed by atoms with E-state index in [9.17, 15) is 0 Å². The first-order chi connectivity index (χ1) is 10.3. The van der Waals surface area contributed by atoms with Gasteiger partial charge in [-0.3, -0.25) is 0 Å². The van der Waals surface area contributed by atoms with Gasteiger partial charge >= 0.3 is 0 Å². The summed E-state index contributed by atoms with van der Waals surface area (Å²) >= 11 is 6.60. The van der Waals surface area contributed by atoms with Gasteiger partial charge in [0, 0.05) is 12.0 Å². The van der Waals surface area contributed by atoms with Gasteiger partial charge in [0.25, 0.3) is 0 Å². The van der Waals surface area contributed by atoms with Gasteiger partial charge in [-0.1, -0.05) is 61.5 Å². The zero-order chi connectivity index (χ0) is 14.7. The molecule has 2 aromatic carbocycles. The van der Waals surface area contributed by atoms with Crippen molar-refractivity contribution in [1.82, 2.24) is 0 Å². The van der Waals surface area contributed by atoms with Crippen LogP contribution < -0.4 is 0 Å². The van der Waals surface area contributed by atoms with Crippen molar-refractivity contribution in [1.29, 1.82) is 0 Å². The van der Waals surface area contributed by atoms with Gasteiger partial charge < -0.3 is 4.42 Å². The second-order valence-electron chi connectivity index (χ2n) is 5.00. The van der Waals surface area contributed by atoms with E-state index in [0.29, 0.717) is 0 Å². The Balaban J connectivity index is 1.87. The molecular formula is C19H17ClO. The first-order valence-corrected chi connectivity index (χ1v) is 7.59. The number of benzene rings is 2. The molecule has 0 saturated heterocycles. The van der Waals surface area contributed by atoms with E-state index in [1.165, 1.54) is 11.1 Å². The molecule has 3 rings (SSSR count). The van der Waals surface area contributed by atoms with E-state index in [1.807, 2.05) is 24.3 Å². The lowest BCUT2D eigenvalue weighted by atomic mass is 10.00. The van der Waals surface area contributed by atoms with Crippen molar-refractivity contribution in [3.8, 4) is 11.1 Å². The molecule has 0 radical (unpaired) electrons. The van der Waals surface area contributed by atoms with Gasteiger partial charge in [-0.05, 0) is 22.8 Å². The SMILES string of the molecule is CCc1occc1C(Cl)c1ccc(-c2ccccc2)cc1. The molecule has 0 aliphatic heterocycles. The number of hydrogen-bond donors (Lipinski definition) is 0. The topological polar surface area (TPSA) is 13.1 Å². The van der Waals surface area contributed by atoms with Crippen LogP contribution in [0.3, 0.4) is 0 Å². The Hall–Kier alpha value is -1.99. The van der Waals surface area contributed by atoms with Crippen molar-refractivity contribution in [2.75, 3.05) is 0 Å². The van der Waals surface area contributed by atoms with E-state index in [-0.39, 0.29) is 5.38 Å². The fourth-order valence-corrected chi connectivity index (χ4v) is 2.86. The molecule has 0 aliphatic rings. The summed E-state index contributed by atoms with van der Waals surface area (Å²) in [5.41, 5.74) is 4.57. The van der Waals surface area contributed by atoms with Crippen molar-refractivity contribution < 1.29 is 4.42 Å². The lowest BCUT2D eigenvalue weighted by Gasteiger charge is -2.11. The maximum Gasteiger partial charge on any atom is 0.108 e. The average molecular weight is 297 g/mol. The predicted molar refractivity (Wildman–Crippen MR) is 87.7 cm³/mol. The highest BCUT2D eigenvalue weighted by Gasteiger charge is 2.16. The van der Waals surface area contributed by atoms with Crippen LogP contribution in [0, 0.1) is 0 Å². The molecule has 0 amide bonds. The van der Waals surface area contributed by atoms with E-state index in [4.69, 9.17) is 16.0 Å². The molecule has 1 atom stereocenters. The Labute approximate surface area is 130 Å². The lowest BCUT2D eigenvalue weighted by molar-refractivity contribution is 0.512. The summed E-state index contributed by atoms with van der Waals surface area (Å²) in [5.74, 6) is 0.960. The van der Waals surface area contributed by atoms with Gasteiger partial charge in [-0.25, -0.2) is 0 Å². The van der Waals surface area contributed by atoms with Crippen molar-refractivity contribution in [2.24, 2.45) is 0 Å². The Morgan fingerprint density at radius 3 is 2.24 bits per heavy atom. The summed E-state index contributed by atoms with van der Waals surface area (Å²) in [6.45, 7) is 2.07. The van der Waals surface area contributed by atoms with Gasteiger partial charge in [0.05, 0.1) is 11.6 Å². The molecule has 0 saturated carbocycles. The van der Waals surface area contributed by atoms with E-state index in [0.717, 1.165) is 23.3 Å². The molecule has 0 spiro atoms. The van der Waals surface area contributed by atoms with E-state index >= 15 is 0 Å². The number of aryl methyl sites for hydroxylation is 1. The van der Waals surface area contributed by atoms with Crippen LogP contribution in [0.15, 0.2) is 71.3 Å². The molecule has 0 fully saturated rings. The largest absolute Gasteiger partial charge is 0.469 e. The quantitative estimate of drug-likeness (QED) is 0.551. The zero-order valence-corrected chi connectivity index (χ0v) is 12.7. The van der Waals surface area contributed by atoms with Gasteiger partial charge in [-0.15, -0.1) is 11.6 Å². The van der Waals surface area contributed by atoms with E-state index in [2.05, 4.69) is 43.3 Å². The summed E-state index contributed by atoms with van der Waals surface area (Å²) in [6.07, 6.45) is 2.57. The number of alkyl halides is 1. The van der Waals surface area contributed by atoms with Crippen LogP contribution in [0.2, 0.25) is 0 Å². The Bertz CT molecular complexity index is 698. The Kier molecular flexibility index (Phi) is 4.12. The van der Waals surface area contributed by atoms with Crippen molar-refractivity contribution >= 4 is 11.6 Å². The highest BCUT2D eigenvalue weighted by atomic mass is 35.5. The minimum absolute atomic E-state index is 0.163. The molecule has 0 aliphatic carbocycles. The first-order valence-electron chi connectivity index (χ1n) is 7.15.